The summed E-state index contributed by atoms with van der Waals surface area (Å²) in [6, 6.07) is 1.27. The van der Waals surface area contributed by atoms with Crippen LogP contribution in [-0.2, 0) is 4.79 Å². The van der Waals surface area contributed by atoms with Crippen LogP contribution in [0.3, 0.4) is 0 Å². The van der Waals surface area contributed by atoms with Crippen LogP contribution >= 0.6 is 0 Å². The topological polar surface area (TPSA) is 68.2 Å². The largest absolute Gasteiger partial charge is 0.323 e. The van der Waals surface area contributed by atoms with Crippen LogP contribution in [-0.4, -0.2) is 47.9 Å². The number of nitrogens with one attached hydrogen (secondary N) is 3. The zero-order valence-corrected chi connectivity index (χ0v) is 21.5. The van der Waals surface area contributed by atoms with Crippen molar-refractivity contribution in [3.63, 3.8) is 0 Å². The summed E-state index contributed by atoms with van der Waals surface area (Å²) in [5.41, 5.74) is 0. The highest BCUT2D eigenvalue weighted by Gasteiger charge is 2.48. The van der Waals surface area contributed by atoms with Crippen molar-refractivity contribution in [1.82, 2.24) is 15.5 Å². The lowest BCUT2D eigenvalue weighted by Crippen LogP contribution is -2.70. The molecule has 5 heteroatoms. The molecule has 4 saturated carbocycles. The van der Waals surface area contributed by atoms with E-state index in [1.54, 1.807) is 6.21 Å². The maximum Gasteiger partial charge on any atom is 0.229 e. The Kier molecular flexibility index (Phi) is 8.63. The van der Waals surface area contributed by atoms with Gasteiger partial charge in [0.25, 0.3) is 0 Å². The number of nitrogens with zero attached hydrogens (tertiary/aromatic N) is 1. The Morgan fingerprint density at radius 1 is 0.824 bits per heavy atom. The van der Waals surface area contributed by atoms with Crippen LogP contribution in [0.5, 0.6) is 0 Å². The minimum atomic E-state index is -0.0167. The van der Waals surface area contributed by atoms with Crippen molar-refractivity contribution in [3.8, 4) is 0 Å². The molecule has 1 aliphatic heterocycles. The number of hydrogen-bond donors (Lipinski definition) is 3. The van der Waals surface area contributed by atoms with E-state index < -0.39 is 0 Å². The Morgan fingerprint density at radius 3 is 2.00 bits per heavy atom. The maximum atomic E-state index is 14.0. The third kappa shape index (κ3) is 5.40. The van der Waals surface area contributed by atoms with Gasteiger partial charge < -0.3 is 15.6 Å². The van der Waals surface area contributed by atoms with Crippen LogP contribution in [0, 0.1) is 29.1 Å². The van der Waals surface area contributed by atoms with Crippen molar-refractivity contribution in [2.24, 2.45) is 23.7 Å². The SMILES string of the molecule is N=CC1CCCC2NC(CNC(C3CCCCC3)C3CCCCC3)N(C3CCCCC3)C(=O)C12. The fraction of sp³-hybridized carbons (Fsp3) is 0.931. The molecule has 192 valence electrons. The second-order valence-electron chi connectivity index (χ2n) is 12.3. The van der Waals surface area contributed by atoms with Gasteiger partial charge in [0.1, 0.15) is 0 Å². The predicted molar refractivity (Wildman–Crippen MR) is 139 cm³/mol. The fourth-order valence-corrected chi connectivity index (χ4v) is 8.52. The molecule has 0 aromatic rings. The minimum absolute atomic E-state index is 0.0167. The Balaban J connectivity index is 1.33. The number of hydrogen-bond acceptors (Lipinski definition) is 4. The van der Waals surface area contributed by atoms with Gasteiger partial charge in [-0.15, -0.1) is 0 Å². The molecule has 1 saturated heterocycles. The first-order chi connectivity index (χ1) is 16.8. The Bertz CT molecular complexity index is 647. The van der Waals surface area contributed by atoms with Crippen molar-refractivity contribution in [2.75, 3.05) is 6.54 Å². The van der Waals surface area contributed by atoms with Gasteiger partial charge in [-0.3, -0.25) is 10.1 Å². The van der Waals surface area contributed by atoms with E-state index >= 15 is 0 Å². The lowest BCUT2D eigenvalue weighted by Gasteiger charge is -2.52. The van der Waals surface area contributed by atoms with Gasteiger partial charge in [0, 0.05) is 30.6 Å². The van der Waals surface area contributed by atoms with Crippen molar-refractivity contribution in [2.45, 2.75) is 140 Å². The molecule has 5 rings (SSSR count). The quantitative estimate of drug-likeness (QED) is 0.422. The second-order valence-corrected chi connectivity index (χ2v) is 12.3. The molecule has 0 bridgehead atoms. The lowest BCUT2D eigenvalue weighted by molar-refractivity contribution is -0.152. The van der Waals surface area contributed by atoms with Gasteiger partial charge in [0.15, 0.2) is 0 Å². The molecule has 34 heavy (non-hydrogen) atoms. The molecule has 0 radical (unpaired) electrons. The summed E-state index contributed by atoms with van der Waals surface area (Å²) in [6.07, 6.45) is 25.1. The van der Waals surface area contributed by atoms with Crippen LogP contribution in [0.15, 0.2) is 0 Å². The lowest BCUT2D eigenvalue weighted by atomic mass is 9.73. The number of amides is 1. The zero-order chi connectivity index (χ0) is 23.3. The molecule has 4 atom stereocenters. The van der Waals surface area contributed by atoms with Gasteiger partial charge in [0.2, 0.25) is 5.91 Å². The first-order valence-corrected chi connectivity index (χ1v) is 15.1. The summed E-state index contributed by atoms with van der Waals surface area (Å²) >= 11 is 0. The molecule has 5 fully saturated rings. The highest BCUT2D eigenvalue weighted by molar-refractivity contribution is 5.84. The van der Waals surface area contributed by atoms with Crippen LogP contribution in [0.1, 0.15) is 116 Å². The number of rotatable bonds is 7. The number of carbonyl (C=O) groups is 1. The van der Waals surface area contributed by atoms with E-state index in [9.17, 15) is 4.79 Å². The Morgan fingerprint density at radius 2 is 1.41 bits per heavy atom. The van der Waals surface area contributed by atoms with E-state index in [2.05, 4.69) is 15.5 Å². The normalized spacial score (nSPS) is 34.9. The average molecular weight is 471 g/mol. The van der Waals surface area contributed by atoms with Crippen molar-refractivity contribution in [1.29, 1.82) is 5.41 Å². The molecule has 0 aromatic heterocycles. The average Bonchev–Trinajstić information content (AvgIpc) is 2.90. The van der Waals surface area contributed by atoms with Gasteiger partial charge in [-0.2, -0.15) is 0 Å². The smallest absolute Gasteiger partial charge is 0.229 e. The second kappa shape index (κ2) is 11.9. The first kappa shape index (κ1) is 24.7. The molecule has 5 nitrogen and oxygen atoms in total. The van der Waals surface area contributed by atoms with Crippen molar-refractivity contribution in [3.05, 3.63) is 0 Å². The number of carbonyl (C=O) groups excluding carboxylic acids is 1. The van der Waals surface area contributed by atoms with Gasteiger partial charge >= 0.3 is 0 Å². The van der Waals surface area contributed by atoms with Crippen molar-refractivity contribution >= 4 is 12.1 Å². The summed E-state index contributed by atoms with van der Waals surface area (Å²) in [5, 5.41) is 16.1. The van der Waals surface area contributed by atoms with E-state index in [4.69, 9.17) is 5.41 Å². The molecule has 4 aliphatic carbocycles. The van der Waals surface area contributed by atoms with E-state index in [0.29, 0.717) is 18.0 Å². The molecular formula is C29H50N4O. The minimum Gasteiger partial charge on any atom is -0.323 e. The van der Waals surface area contributed by atoms with Crippen LogP contribution in [0.25, 0.3) is 0 Å². The van der Waals surface area contributed by atoms with E-state index in [1.807, 2.05) is 0 Å². The maximum absolute atomic E-state index is 14.0. The van der Waals surface area contributed by atoms with Crippen molar-refractivity contribution < 1.29 is 4.79 Å². The van der Waals surface area contributed by atoms with Gasteiger partial charge in [-0.05, 0) is 69.4 Å². The first-order valence-electron chi connectivity index (χ1n) is 15.1. The van der Waals surface area contributed by atoms with E-state index in [0.717, 1.165) is 50.5 Å². The molecule has 1 heterocycles. The van der Waals surface area contributed by atoms with Gasteiger partial charge in [0.05, 0.1) is 12.1 Å². The standard InChI is InChI=1S/C29H50N4O/c30-19-23-15-10-18-25-27(23)29(34)33(24-16-8-3-9-17-24)26(32-25)20-31-28(21-11-4-1-5-12-21)22-13-6-2-7-14-22/h19,21-28,30-32H,1-18,20H2. The van der Waals surface area contributed by atoms with Crippen LogP contribution in [0.4, 0.5) is 0 Å². The molecule has 1 amide bonds. The fourth-order valence-electron chi connectivity index (χ4n) is 8.52. The van der Waals surface area contributed by atoms with Crippen LogP contribution in [0.2, 0.25) is 0 Å². The monoisotopic (exact) mass is 470 g/mol. The zero-order valence-electron chi connectivity index (χ0n) is 21.5. The summed E-state index contributed by atoms with van der Waals surface area (Å²) in [5.74, 6) is 2.11. The molecule has 0 aromatic carbocycles. The Labute approximate surface area is 208 Å². The predicted octanol–water partition coefficient (Wildman–Crippen LogP) is 5.63. The summed E-state index contributed by atoms with van der Waals surface area (Å²) in [7, 11) is 0. The molecule has 3 N–H and O–H groups in total. The third-order valence-electron chi connectivity index (χ3n) is 10.3. The van der Waals surface area contributed by atoms with E-state index in [-0.39, 0.29) is 24.0 Å². The Hall–Kier alpha value is -0.940. The number of fused-ring (bicyclic) bond motifs is 1. The summed E-state index contributed by atoms with van der Waals surface area (Å²) in [4.78, 5) is 16.3. The highest BCUT2D eigenvalue weighted by atomic mass is 16.2. The van der Waals surface area contributed by atoms with Crippen LogP contribution < -0.4 is 10.6 Å². The van der Waals surface area contributed by atoms with Gasteiger partial charge in [-0.1, -0.05) is 64.2 Å². The van der Waals surface area contributed by atoms with E-state index in [1.165, 1.54) is 83.5 Å². The molecule has 5 aliphatic rings. The third-order valence-corrected chi connectivity index (χ3v) is 10.3. The molecular weight excluding hydrogens is 420 g/mol. The van der Waals surface area contributed by atoms with Gasteiger partial charge in [-0.25, -0.2) is 0 Å². The molecule has 0 spiro atoms. The summed E-state index contributed by atoms with van der Waals surface area (Å²) in [6.45, 7) is 0.901. The molecule has 4 unspecified atom stereocenters. The highest BCUT2D eigenvalue weighted by Crippen LogP contribution is 2.38. The summed E-state index contributed by atoms with van der Waals surface area (Å²) < 4.78 is 0.